The van der Waals surface area contributed by atoms with Gasteiger partial charge in [0.25, 0.3) is 0 Å². The van der Waals surface area contributed by atoms with Crippen molar-refractivity contribution in [2.75, 3.05) is 6.26 Å². The molecule has 0 saturated heterocycles. The van der Waals surface area contributed by atoms with E-state index in [2.05, 4.69) is 0 Å². The Morgan fingerprint density at radius 3 is 2.36 bits per heavy atom. The zero-order chi connectivity index (χ0) is 7.40. The molecule has 1 aromatic carbocycles. The van der Waals surface area contributed by atoms with E-state index in [0.29, 0.717) is 5.75 Å². The second-order valence-electron chi connectivity index (χ2n) is 1.80. The van der Waals surface area contributed by atoms with Crippen LogP contribution in [0.4, 0.5) is 0 Å². The third-order valence-electron chi connectivity index (χ3n) is 0.957. The average Bonchev–Trinajstić information content (AvgIpc) is 1.88. The normalized spacial score (nSPS) is 11.4. The van der Waals surface area contributed by atoms with E-state index >= 15 is 0 Å². The number of para-hydroxylation sites is 1. The monoisotopic (exact) mass is 180 g/mol. The molecule has 0 heterocycles. The minimum Gasteiger partial charge on any atom is -1.00 e. The van der Waals surface area contributed by atoms with Gasteiger partial charge in [-0.2, -0.15) is 0 Å². The quantitative estimate of drug-likeness (QED) is 0.516. The zero-order valence-electron chi connectivity index (χ0n) is 7.61. The Kier molecular flexibility index (Phi) is 5.86. The fraction of sp³-hybridized carbons (Fsp3) is 0.143. The van der Waals surface area contributed by atoms with Crippen molar-refractivity contribution in [3.05, 3.63) is 30.3 Å². The van der Waals surface area contributed by atoms with E-state index in [-0.39, 0.29) is 31.0 Å². The van der Waals surface area contributed by atoms with Crippen molar-refractivity contribution >= 4 is 11.1 Å². The molecule has 1 atom stereocenters. The molecule has 0 aliphatic carbocycles. The van der Waals surface area contributed by atoms with Gasteiger partial charge in [0.1, 0.15) is 5.75 Å². The predicted octanol–water partition coefficient (Wildman–Crippen LogP) is -1.52. The van der Waals surface area contributed by atoms with E-state index in [1.54, 1.807) is 12.1 Å². The summed E-state index contributed by atoms with van der Waals surface area (Å²) in [5.74, 6) is 0.642. The minimum absolute atomic E-state index is 0. The molecule has 0 saturated carbocycles. The molecule has 11 heavy (non-hydrogen) atoms. The summed E-state index contributed by atoms with van der Waals surface area (Å²) in [6, 6.07) is 9.08. The Labute approximate surface area is 92.4 Å². The van der Waals surface area contributed by atoms with Crippen LogP contribution < -0.4 is 33.7 Å². The van der Waals surface area contributed by atoms with Gasteiger partial charge in [-0.3, -0.25) is 0 Å². The standard InChI is InChI=1S/C7H8O2S.Na.H/c1-10(8)9-7-5-3-2-4-6-7;;/h2-6H,1H3;;/q;+1;-1. The van der Waals surface area contributed by atoms with Gasteiger partial charge in [0.15, 0.2) is 0 Å². The third-order valence-corrected chi connectivity index (χ3v) is 1.38. The zero-order valence-corrected chi connectivity index (χ0v) is 9.43. The average molecular weight is 180 g/mol. The van der Waals surface area contributed by atoms with E-state index in [1.807, 2.05) is 18.2 Å². The number of hydrogen-bond donors (Lipinski definition) is 0. The first-order valence-corrected chi connectivity index (χ1v) is 4.34. The Balaban J connectivity index is 0. The van der Waals surface area contributed by atoms with Crippen LogP contribution in [0.1, 0.15) is 1.43 Å². The van der Waals surface area contributed by atoms with Crippen molar-refractivity contribution in [2.24, 2.45) is 0 Å². The second kappa shape index (κ2) is 5.77. The van der Waals surface area contributed by atoms with Gasteiger partial charge < -0.3 is 5.61 Å². The SMILES string of the molecule is CS(=O)Oc1ccccc1.[H-].[Na+]. The molecule has 0 aliphatic rings. The molecule has 0 fully saturated rings. The Bertz CT molecular complexity index is 230. The summed E-state index contributed by atoms with van der Waals surface area (Å²) in [6.07, 6.45) is 1.49. The van der Waals surface area contributed by atoms with Crippen LogP contribution in [0.25, 0.3) is 0 Å². The smallest absolute Gasteiger partial charge is 1.00 e. The molecule has 4 heteroatoms. The topological polar surface area (TPSA) is 26.3 Å². The summed E-state index contributed by atoms with van der Waals surface area (Å²) in [6.45, 7) is 0. The van der Waals surface area contributed by atoms with Gasteiger partial charge in [0, 0.05) is 6.26 Å². The maximum atomic E-state index is 10.5. The summed E-state index contributed by atoms with van der Waals surface area (Å²) >= 11 is -1.22. The van der Waals surface area contributed by atoms with Crippen molar-refractivity contribution in [2.45, 2.75) is 0 Å². The van der Waals surface area contributed by atoms with Crippen molar-refractivity contribution in [1.29, 1.82) is 0 Å². The van der Waals surface area contributed by atoms with Gasteiger partial charge in [-0.05, 0) is 12.1 Å². The van der Waals surface area contributed by atoms with Crippen LogP contribution >= 0.6 is 0 Å². The van der Waals surface area contributed by atoms with Crippen molar-refractivity contribution in [3.8, 4) is 5.75 Å². The first-order chi connectivity index (χ1) is 4.79. The van der Waals surface area contributed by atoms with Gasteiger partial charge in [-0.15, -0.1) is 0 Å². The van der Waals surface area contributed by atoms with E-state index in [9.17, 15) is 4.21 Å². The molecule has 0 amide bonds. The van der Waals surface area contributed by atoms with E-state index in [4.69, 9.17) is 4.18 Å². The van der Waals surface area contributed by atoms with Crippen LogP contribution in [0.15, 0.2) is 30.3 Å². The maximum absolute atomic E-state index is 10.5. The minimum atomic E-state index is -1.22. The van der Waals surface area contributed by atoms with Crippen LogP contribution in [0, 0.1) is 0 Å². The number of hydrogen-bond acceptors (Lipinski definition) is 2. The summed E-state index contributed by atoms with van der Waals surface area (Å²) in [5, 5.41) is 0. The van der Waals surface area contributed by atoms with Gasteiger partial charge >= 0.3 is 29.6 Å². The molecule has 0 N–H and O–H groups in total. The second-order valence-corrected chi connectivity index (χ2v) is 2.77. The van der Waals surface area contributed by atoms with Crippen LogP contribution in [-0.4, -0.2) is 10.5 Å². The molecule has 0 spiro atoms. The Morgan fingerprint density at radius 2 is 1.91 bits per heavy atom. The molecule has 1 rings (SSSR count). The molecular formula is C7H9NaO2S. The Hall–Kier alpha value is 0.170. The summed E-state index contributed by atoms with van der Waals surface area (Å²) < 4.78 is 15.4. The molecule has 1 unspecified atom stereocenters. The van der Waals surface area contributed by atoms with Crippen LogP contribution in [-0.2, 0) is 11.1 Å². The maximum Gasteiger partial charge on any atom is 1.00 e. The van der Waals surface area contributed by atoms with E-state index in [1.165, 1.54) is 6.26 Å². The first kappa shape index (κ1) is 11.2. The number of benzene rings is 1. The fourth-order valence-electron chi connectivity index (χ4n) is 0.612. The van der Waals surface area contributed by atoms with Crippen molar-refractivity contribution in [3.63, 3.8) is 0 Å². The van der Waals surface area contributed by atoms with E-state index in [0.717, 1.165) is 0 Å². The third kappa shape index (κ3) is 4.58. The molecule has 0 bridgehead atoms. The molecule has 0 aliphatic heterocycles. The predicted molar refractivity (Wildman–Crippen MR) is 42.2 cm³/mol. The molecule has 2 nitrogen and oxygen atoms in total. The molecule has 0 radical (unpaired) electrons. The van der Waals surface area contributed by atoms with Crippen LogP contribution in [0.5, 0.6) is 5.75 Å². The van der Waals surface area contributed by atoms with Crippen LogP contribution in [0.2, 0.25) is 0 Å². The first-order valence-electron chi connectivity index (χ1n) is 2.86. The van der Waals surface area contributed by atoms with E-state index < -0.39 is 11.1 Å². The van der Waals surface area contributed by atoms with Gasteiger partial charge in [-0.25, -0.2) is 4.21 Å². The van der Waals surface area contributed by atoms with Gasteiger partial charge in [0.2, 0.25) is 11.1 Å². The molecule has 56 valence electrons. The van der Waals surface area contributed by atoms with Crippen molar-refractivity contribution < 1.29 is 39.4 Å². The summed E-state index contributed by atoms with van der Waals surface area (Å²) in [5.41, 5.74) is 0. The number of rotatable bonds is 2. The van der Waals surface area contributed by atoms with Crippen molar-refractivity contribution in [1.82, 2.24) is 0 Å². The fourth-order valence-corrected chi connectivity index (χ4v) is 0.994. The molecular weight excluding hydrogens is 171 g/mol. The largest absolute Gasteiger partial charge is 1.00 e. The molecule has 0 aromatic heterocycles. The summed E-state index contributed by atoms with van der Waals surface area (Å²) in [4.78, 5) is 0. The molecule has 1 aromatic rings. The van der Waals surface area contributed by atoms with Gasteiger partial charge in [0.05, 0.1) is 0 Å². The Morgan fingerprint density at radius 1 is 1.36 bits per heavy atom. The summed E-state index contributed by atoms with van der Waals surface area (Å²) in [7, 11) is 0. The van der Waals surface area contributed by atoms with Gasteiger partial charge in [-0.1, -0.05) is 18.2 Å². The van der Waals surface area contributed by atoms with Crippen LogP contribution in [0.3, 0.4) is 0 Å².